The van der Waals surface area contributed by atoms with E-state index in [0.29, 0.717) is 16.1 Å². The lowest BCUT2D eigenvalue weighted by molar-refractivity contribution is -0.139. The van der Waals surface area contributed by atoms with Gasteiger partial charge in [-0.2, -0.15) is 0 Å². The molecular formula is C19H11Cl3N2O6S. The molecule has 8 nitrogen and oxygen atoms in total. The molecule has 160 valence electrons. The van der Waals surface area contributed by atoms with Crippen LogP contribution < -0.4 is 4.74 Å². The highest BCUT2D eigenvalue weighted by molar-refractivity contribution is 8.03. The zero-order valence-corrected chi connectivity index (χ0v) is 18.3. The Morgan fingerprint density at radius 2 is 1.71 bits per heavy atom. The molecule has 12 heteroatoms. The third-order valence-corrected chi connectivity index (χ3v) is 5.23. The first-order valence-corrected chi connectivity index (χ1v) is 10.2. The summed E-state index contributed by atoms with van der Waals surface area (Å²) < 4.78 is 10.6. The standard InChI is InChI=1S/C19H11Cl3N2O6S/c20-11-3-1-10(2-4-11)17-23-24-19(30-17)31-14(18(27)28)7-9-5-12(21)16(13(22)6-9)29-8-15(25)26/h1-7H,8H2,(H,25,26)(H,27,28)/b14-7-. The van der Waals surface area contributed by atoms with E-state index in [-0.39, 0.29) is 31.8 Å². The monoisotopic (exact) mass is 500 g/mol. The molecule has 3 rings (SSSR count). The van der Waals surface area contributed by atoms with Crippen molar-refractivity contribution in [2.75, 3.05) is 6.61 Å². The number of carbonyl (C=O) groups is 2. The van der Waals surface area contributed by atoms with Crippen LogP contribution in [0.4, 0.5) is 0 Å². The Kier molecular flexibility index (Phi) is 7.45. The van der Waals surface area contributed by atoms with Crippen molar-refractivity contribution in [1.29, 1.82) is 0 Å². The highest BCUT2D eigenvalue weighted by atomic mass is 35.5. The minimum Gasteiger partial charge on any atom is -0.479 e. The van der Waals surface area contributed by atoms with E-state index in [2.05, 4.69) is 10.2 Å². The summed E-state index contributed by atoms with van der Waals surface area (Å²) >= 11 is 18.8. The van der Waals surface area contributed by atoms with Gasteiger partial charge in [0.15, 0.2) is 12.4 Å². The predicted octanol–water partition coefficient (Wildman–Crippen LogP) is 5.38. The molecule has 0 amide bonds. The fraction of sp³-hybridized carbons (Fsp3) is 0.0526. The first kappa shape index (κ1) is 23.0. The van der Waals surface area contributed by atoms with E-state index in [1.165, 1.54) is 18.2 Å². The van der Waals surface area contributed by atoms with Gasteiger partial charge in [-0.1, -0.05) is 34.8 Å². The van der Waals surface area contributed by atoms with Crippen molar-refractivity contribution in [2.24, 2.45) is 0 Å². The van der Waals surface area contributed by atoms with Crippen molar-refractivity contribution < 1.29 is 29.0 Å². The number of rotatable bonds is 8. The molecule has 0 unspecified atom stereocenters. The van der Waals surface area contributed by atoms with E-state index in [0.717, 1.165) is 11.8 Å². The van der Waals surface area contributed by atoms with Crippen molar-refractivity contribution in [2.45, 2.75) is 5.22 Å². The van der Waals surface area contributed by atoms with Crippen LogP contribution in [0.5, 0.6) is 5.75 Å². The van der Waals surface area contributed by atoms with Gasteiger partial charge in [-0.3, -0.25) is 0 Å². The Bertz CT molecular complexity index is 1140. The van der Waals surface area contributed by atoms with E-state index < -0.39 is 18.5 Å². The normalized spacial score (nSPS) is 11.4. The van der Waals surface area contributed by atoms with Crippen molar-refractivity contribution >= 4 is 64.6 Å². The molecule has 0 radical (unpaired) electrons. The number of hydrogen-bond donors (Lipinski definition) is 2. The average Bonchev–Trinajstić information content (AvgIpc) is 3.15. The molecule has 0 aliphatic heterocycles. The summed E-state index contributed by atoms with van der Waals surface area (Å²) in [5, 5.41) is 26.6. The summed E-state index contributed by atoms with van der Waals surface area (Å²) in [5.41, 5.74) is 0.972. The molecule has 0 aliphatic carbocycles. The molecule has 0 aliphatic rings. The number of aliphatic carboxylic acids is 2. The third-order valence-electron chi connectivity index (χ3n) is 3.56. The molecule has 0 spiro atoms. The fourth-order valence-corrected chi connectivity index (χ4v) is 3.69. The van der Waals surface area contributed by atoms with E-state index in [1.54, 1.807) is 24.3 Å². The Hall–Kier alpha value is -2.72. The van der Waals surface area contributed by atoms with Crippen LogP contribution in [0.3, 0.4) is 0 Å². The fourth-order valence-electron chi connectivity index (χ4n) is 2.28. The lowest BCUT2D eigenvalue weighted by Crippen LogP contribution is -2.10. The Balaban J connectivity index is 1.83. The van der Waals surface area contributed by atoms with Crippen LogP contribution in [0, 0.1) is 0 Å². The van der Waals surface area contributed by atoms with Crippen LogP contribution >= 0.6 is 46.6 Å². The van der Waals surface area contributed by atoms with Crippen molar-refractivity contribution in [1.82, 2.24) is 10.2 Å². The van der Waals surface area contributed by atoms with Gasteiger partial charge in [0, 0.05) is 10.6 Å². The summed E-state index contributed by atoms with van der Waals surface area (Å²) in [7, 11) is 0. The lowest BCUT2D eigenvalue weighted by atomic mass is 10.2. The van der Waals surface area contributed by atoms with Crippen molar-refractivity contribution in [3.05, 3.63) is 61.9 Å². The maximum atomic E-state index is 11.7. The van der Waals surface area contributed by atoms with E-state index in [1.807, 2.05) is 0 Å². The number of hydrogen-bond acceptors (Lipinski definition) is 7. The van der Waals surface area contributed by atoms with Gasteiger partial charge in [-0.05, 0) is 59.8 Å². The summed E-state index contributed by atoms with van der Waals surface area (Å²) in [6.45, 7) is -0.627. The zero-order valence-electron chi connectivity index (χ0n) is 15.2. The number of nitrogens with zero attached hydrogens (tertiary/aromatic N) is 2. The number of aromatic nitrogens is 2. The SMILES string of the molecule is O=C(O)COc1c(Cl)cc(/C=C(\Sc2nnc(-c3ccc(Cl)cc3)o2)C(=O)O)cc1Cl. The molecule has 0 fully saturated rings. The van der Waals surface area contributed by atoms with Gasteiger partial charge in [0.1, 0.15) is 4.91 Å². The molecule has 1 aromatic heterocycles. The molecule has 0 saturated heterocycles. The second kappa shape index (κ2) is 10.1. The summed E-state index contributed by atoms with van der Waals surface area (Å²) in [4.78, 5) is 22.2. The van der Waals surface area contributed by atoms with Crippen molar-refractivity contribution in [3.63, 3.8) is 0 Å². The predicted molar refractivity (Wildman–Crippen MR) is 116 cm³/mol. The Morgan fingerprint density at radius 1 is 1.06 bits per heavy atom. The average molecular weight is 502 g/mol. The van der Waals surface area contributed by atoms with Gasteiger partial charge >= 0.3 is 11.9 Å². The van der Waals surface area contributed by atoms with Crippen LogP contribution in [0.2, 0.25) is 15.1 Å². The van der Waals surface area contributed by atoms with Gasteiger partial charge in [-0.15, -0.1) is 10.2 Å². The zero-order chi connectivity index (χ0) is 22.5. The molecule has 1 heterocycles. The lowest BCUT2D eigenvalue weighted by Gasteiger charge is -2.09. The van der Waals surface area contributed by atoms with Gasteiger partial charge in [0.05, 0.1) is 10.0 Å². The number of carboxylic acid groups (broad SMARTS) is 2. The highest BCUT2D eigenvalue weighted by Gasteiger charge is 2.17. The molecule has 0 saturated carbocycles. The highest BCUT2D eigenvalue weighted by Crippen LogP contribution is 2.36. The summed E-state index contributed by atoms with van der Waals surface area (Å²) in [6, 6.07) is 9.48. The number of halogens is 3. The molecule has 3 aromatic rings. The van der Waals surface area contributed by atoms with Gasteiger partial charge < -0.3 is 19.4 Å². The first-order valence-electron chi connectivity index (χ1n) is 8.29. The minimum atomic E-state index is -1.24. The second-order valence-electron chi connectivity index (χ2n) is 5.79. The smallest absolute Gasteiger partial charge is 0.342 e. The number of ether oxygens (including phenoxy) is 1. The van der Waals surface area contributed by atoms with E-state index in [4.69, 9.17) is 49.1 Å². The van der Waals surface area contributed by atoms with Gasteiger partial charge in [-0.25, -0.2) is 9.59 Å². The number of thioether (sulfide) groups is 1. The van der Waals surface area contributed by atoms with Crippen LogP contribution in [0.25, 0.3) is 17.5 Å². The van der Waals surface area contributed by atoms with Gasteiger partial charge in [0.2, 0.25) is 5.89 Å². The van der Waals surface area contributed by atoms with E-state index >= 15 is 0 Å². The maximum absolute atomic E-state index is 11.7. The molecule has 31 heavy (non-hydrogen) atoms. The number of benzene rings is 2. The van der Waals surface area contributed by atoms with Crippen LogP contribution in [-0.4, -0.2) is 39.0 Å². The molecule has 2 N–H and O–H groups in total. The van der Waals surface area contributed by atoms with Crippen molar-refractivity contribution in [3.8, 4) is 17.2 Å². The first-order chi connectivity index (χ1) is 14.7. The molecule has 0 bridgehead atoms. The molecular weight excluding hydrogens is 491 g/mol. The summed E-state index contributed by atoms with van der Waals surface area (Å²) in [5.74, 6) is -2.25. The van der Waals surface area contributed by atoms with Crippen LogP contribution in [0.1, 0.15) is 5.56 Å². The maximum Gasteiger partial charge on any atom is 0.342 e. The van der Waals surface area contributed by atoms with Crippen LogP contribution in [0.15, 0.2) is 50.9 Å². The Labute approximate surface area is 194 Å². The van der Waals surface area contributed by atoms with Crippen LogP contribution in [-0.2, 0) is 9.59 Å². The largest absolute Gasteiger partial charge is 0.479 e. The quantitative estimate of drug-likeness (QED) is 0.309. The van der Waals surface area contributed by atoms with Gasteiger partial charge in [0.25, 0.3) is 5.22 Å². The minimum absolute atomic E-state index is 0.0113. The topological polar surface area (TPSA) is 123 Å². The summed E-state index contributed by atoms with van der Waals surface area (Å²) in [6.07, 6.45) is 1.30. The second-order valence-corrected chi connectivity index (χ2v) is 8.04. The third kappa shape index (κ3) is 6.14. The Morgan fingerprint density at radius 3 is 2.29 bits per heavy atom. The van der Waals surface area contributed by atoms with E-state index in [9.17, 15) is 14.7 Å². The number of carboxylic acids is 2. The molecule has 2 aromatic carbocycles. The molecule has 0 atom stereocenters.